The Morgan fingerprint density at radius 1 is 1.22 bits per heavy atom. The first-order valence-electron chi connectivity index (χ1n) is 6.79. The van der Waals surface area contributed by atoms with Crippen molar-refractivity contribution in [3.63, 3.8) is 0 Å². The highest BCUT2D eigenvalue weighted by Gasteiger charge is 2.21. The predicted octanol–water partition coefficient (Wildman–Crippen LogP) is 1.50. The minimum atomic E-state index is 0.260. The Kier molecular flexibility index (Phi) is 4.81. The Bertz CT molecular complexity index is 354. The number of nitrogens with zero attached hydrogens (tertiary/aromatic N) is 2. The summed E-state index contributed by atoms with van der Waals surface area (Å²) in [5.41, 5.74) is 0. The second kappa shape index (κ2) is 6.59. The number of rotatable bonds is 5. The largest absolute Gasteiger partial charge is 0.396 e. The molecule has 0 aliphatic carbocycles. The van der Waals surface area contributed by atoms with E-state index in [1.807, 2.05) is 29.4 Å². The van der Waals surface area contributed by atoms with E-state index in [4.69, 9.17) is 5.11 Å². The van der Waals surface area contributed by atoms with Crippen molar-refractivity contribution in [3.05, 3.63) is 24.5 Å². The minimum absolute atomic E-state index is 0.260. The van der Waals surface area contributed by atoms with Gasteiger partial charge in [-0.2, -0.15) is 0 Å². The Labute approximate surface area is 108 Å². The van der Waals surface area contributed by atoms with Gasteiger partial charge >= 0.3 is 0 Å². The number of aryl methyl sites for hydroxylation is 1. The lowest BCUT2D eigenvalue weighted by molar-refractivity contribution is -0.132. The Balaban J connectivity index is 1.66. The van der Waals surface area contributed by atoms with E-state index in [9.17, 15) is 4.79 Å². The van der Waals surface area contributed by atoms with Crippen LogP contribution < -0.4 is 0 Å². The van der Waals surface area contributed by atoms with Gasteiger partial charge in [-0.05, 0) is 37.3 Å². The zero-order valence-corrected chi connectivity index (χ0v) is 10.8. The molecule has 1 aromatic heterocycles. The van der Waals surface area contributed by atoms with Gasteiger partial charge in [-0.15, -0.1) is 0 Å². The fourth-order valence-electron chi connectivity index (χ4n) is 2.46. The Morgan fingerprint density at radius 2 is 1.89 bits per heavy atom. The van der Waals surface area contributed by atoms with Gasteiger partial charge in [0.2, 0.25) is 5.91 Å². The molecule has 2 heterocycles. The first-order chi connectivity index (χ1) is 8.79. The van der Waals surface area contributed by atoms with Crippen molar-refractivity contribution in [2.45, 2.75) is 32.2 Å². The molecule has 0 saturated carbocycles. The van der Waals surface area contributed by atoms with E-state index in [-0.39, 0.29) is 12.5 Å². The molecule has 0 unspecified atom stereocenters. The molecular weight excluding hydrogens is 228 g/mol. The SMILES string of the molecule is O=C(CCCn1cccc1)N1CCC(CO)CC1. The number of carbonyl (C=O) groups is 1. The number of likely N-dealkylation sites (tertiary alicyclic amines) is 1. The van der Waals surface area contributed by atoms with Crippen molar-refractivity contribution in [2.24, 2.45) is 5.92 Å². The minimum Gasteiger partial charge on any atom is -0.396 e. The summed E-state index contributed by atoms with van der Waals surface area (Å²) in [5, 5.41) is 9.06. The van der Waals surface area contributed by atoms with Gasteiger partial charge in [-0.1, -0.05) is 0 Å². The van der Waals surface area contributed by atoms with Crippen molar-refractivity contribution in [1.29, 1.82) is 0 Å². The number of amides is 1. The van der Waals surface area contributed by atoms with Crippen molar-refractivity contribution in [1.82, 2.24) is 9.47 Å². The van der Waals surface area contributed by atoms with Crippen LogP contribution in [0, 0.1) is 5.92 Å². The molecule has 4 heteroatoms. The molecule has 1 aromatic rings. The van der Waals surface area contributed by atoms with Gasteiger partial charge in [-0.25, -0.2) is 0 Å². The van der Waals surface area contributed by atoms with Crippen molar-refractivity contribution >= 4 is 5.91 Å². The lowest BCUT2D eigenvalue weighted by Crippen LogP contribution is -2.39. The lowest BCUT2D eigenvalue weighted by atomic mass is 9.97. The van der Waals surface area contributed by atoms with E-state index in [0.717, 1.165) is 38.9 Å². The summed E-state index contributed by atoms with van der Waals surface area (Å²) in [6.07, 6.45) is 7.46. The molecule has 1 N–H and O–H groups in total. The van der Waals surface area contributed by atoms with Crippen LogP contribution in [0.15, 0.2) is 24.5 Å². The second-order valence-electron chi connectivity index (χ2n) is 5.03. The second-order valence-corrected chi connectivity index (χ2v) is 5.03. The molecule has 1 aliphatic heterocycles. The molecular formula is C14H22N2O2. The summed E-state index contributed by atoms with van der Waals surface area (Å²) in [4.78, 5) is 13.9. The molecule has 0 spiro atoms. The molecule has 0 bridgehead atoms. The van der Waals surface area contributed by atoms with Crippen LogP contribution >= 0.6 is 0 Å². The zero-order chi connectivity index (χ0) is 12.8. The first kappa shape index (κ1) is 13.1. The summed E-state index contributed by atoms with van der Waals surface area (Å²) in [6, 6.07) is 4.00. The van der Waals surface area contributed by atoms with Crippen LogP contribution in [0.1, 0.15) is 25.7 Å². The predicted molar refractivity (Wildman–Crippen MR) is 70.1 cm³/mol. The van der Waals surface area contributed by atoms with Gasteiger partial charge in [0, 0.05) is 45.1 Å². The van der Waals surface area contributed by atoms with Gasteiger partial charge in [-0.3, -0.25) is 4.79 Å². The average Bonchev–Trinajstić information content (AvgIpc) is 2.92. The molecule has 1 aliphatic rings. The van der Waals surface area contributed by atoms with Crippen LogP contribution in [0.3, 0.4) is 0 Å². The summed E-state index contributed by atoms with van der Waals surface area (Å²) in [6.45, 7) is 2.79. The zero-order valence-electron chi connectivity index (χ0n) is 10.8. The highest BCUT2D eigenvalue weighted by molar-refractivity contribution is 5.76. The number of hydrogen-bond donors (Lipinski definition) is 1. The average molecular weight is 250 g/mol. The van der Waals surface area contributed by atoms with Crippen LogP contribution in [0.25, 0.3) is 0 Å². The molecule has 4 nitrogen and oxygen atoms in total. The van der Waals surface area contributed by atoms with Crippen LogP contribution in [-0.4, -0.2) is 40.2 Å². The first-order valence-corrected chi connectivity index (χ1v) is 6.79. The third kappa shape index (κ3) is 3.60. The van der Waals surface area contributed by atoms with E-state index >= 15 is 0 Å². The summed E-state index contributed by atoms with van der Waals surface area (Å²) >= 11 is 0. The summed E-state index contributed by atoms with van der Waals surface area (Å²) in [5.74, 6) is 0.660. The number of piperidine rings is 1. The summed E-state index contributed by atoms with van der Waals surface area (Å²) in [7, 11) is 0. The molecule has 0 aromatic carbocycles. The maximum absolute atomic E-state index is 12.0. The molecule has 2 rings (SSSR count). The smallest absolute Gasteiger partial charge is 0.222 e. The highest BCUT2D eigenvalue weighted by Crippen LogP contribution is 2.17. The van der Waals surface area contributed by atoms with E-state index in [0.29, 0.717) is 12.3 Å². The molecule has 1 saturated heterocycles. The van der Waals surface area contributed by atoms with E-state index in [2.05, 4.69) is 4.57 Å². The lowest BCUT2D eigenvalue weighted by Gasteiger charge is -2.31. The third-order valence-electron chi connectivity index (χ3n) is 3.70. The van der Waals surface area contributed by atoms with E-state index in [1.165, 1.54) is 0 Å². The maximum Gasteiger partial charge on any atom is 0.222 e. The van der Waals surface area contributed by atoms with E-state index < -0.39 is 0 Å². The number of carbonyl (C=O) groups excluding carboxylic acids is 1. The van der Waals surface area contributed by atoms with Gasteiger partial charge < -0.3 is 14.6 Å². The highest BCUT2D eigenvalue weighted by atomic mass is 16.3. The maximum atomic E-state index is 12.0. The van der Waals surface area contributed by atoms with Crippen LogP contribution in [-0.2, 0) is 11.3 Å². The molecule has 1 amide bonds. The molecule has 1 fully saturated rings. The summed E-state index contributed by atoms with van der Waals surface area (Å²) < 4.78 is 2.10. The monoisotopic (exact) mass is 250 g/mol. The van der Waals surface area contributed by atoms with Gasteiger partial charge in [0.1, 0.15) is 0 Å². The van der Waals surface area contributed by atoms with Gasteiger partial charge in [0.15, 0.2) is 0 Å². The number of aromatic nitrogens is 1. The van der Waals surface area contributed by atoms with Crippen LogP contribution in [0.2, 0.25) is 0 Å². The van der Waals surface area contributed by atoms with Crippen molar-refractivity contribution in [2.75, 3.05) is 19.7 Å². The fourth-order valence-corrected chi connectivity index (χ4v) is 2.46. The van der Waals surface area contributed by atoms with Gasteiger partial charge in [0.25, 0.3) is 0 Å². The Hall–Kier alpha value is -1.29. The van der Waals surface area contributed by atoms with Crippen molar-refractivity contribution < 1.29 is 9.90 Å². The molecule has 0 radical (unpaired) electrons. The van der Waals surface area contributed by atoms with Crippen molar-refractivity contribution in [3.8, 4) is 0 Å². The quantitative estimate of drug-likeness (QED) is 0.860. The normalized spacial score (nSPS) is 17.1. The number of aliphatic hydroxyl groups excluding tert-OH is 1. The van der Waals surface area contributed by atoms with Crippen LogP contribution in [0.5, 0.6) is 0 Å². The van der Waals surface area contributed by atoms with E-state index in [1.54, 1.807) is 0 Å². The van der Waals surface area contributed by atoms with Crippen LogP contribution in [0.4, 0.5) is 0 Å². The topological polar surface area (TPSA) is 45.5 Å². The number of aliphatic hydroxyl groups is 1. The third-order valence-corrected chi connectivity index (χ3v) is 3.70. The standard InChI is InChI=1S/C14H22N2O2/c17-12-13-5-10-16(11-6-13)14(18)4-3-9-15-7-1-2-8-15/h1-2,7-8,13,17H,3-6,9-12H2. The fraction of sp³-hybridized carbons (Fsp3) is 0.643. The number of hydrogen-bond acceptors (Lipinski definition) is 2. The molecule has 0 atom stereocenters. The Morgan fingerprint density at radius 3 is 2.50 bits per heavy atom. The molecule has 100 valence electrons. The van der Waals surface area contributed by atoms with Gasteiger partial charge in [0.05, 0.1) is 0 Å². The molecule has 18 heavy (non-hydrogen) atoms.